The van der Waals surface area contributed by atoms with Gasteiger partial charge in [0.1, 0.15) is 7.05 Å². The fraction of sp³-hybridized carbons (Fsp3) is 0.800. The third kappa shape index (κ3) is 5.88. The van der Waals surface area contributed by atoms with Crippen molar-refractivity contribution in [3.63, 3.8) is 0 Å². The Hall–Kier alpha value is -0.120. The van der Waals surface area contributed by atoms with Crippen molar-refractivity contribution in [2.75, 3.05) is 27.2 Å². The molecule has 0 rings (SSSR count). The number of nitrogens with zero attached hydrogens (tertiary/aromatic N) is 1. The molecule has 0 unspecified atom stereocenters. The minimum absolute atomic E-state index is 0.164. The van der Waals surface area contributed by atoms with Crippen molar-refractivity contribution in [2.24, 2.45) is 0 Å². The second-order valence-corrected chi connectivity index (χ2v) is 2.32. The van der Waals surface area contributed by atoms with Crippen LogP contribution in [0.1, 0.15) is 0 Å². The van der Waals surface area contributed by atoms with Crippen molar-refractivity contribution in [3.05, 3.63) is 7.05 Å². The molecule has 0 aromatic rings. The lowest BCUT2D eigenvalue weighted by Crippen LogP contribution is -2.47. The first-order valence-corrected chi connectivity index (χ1v) is 2.60. The van der Waals surface area contributed by atoms with E-state index in [0.717, 1.165) is 0 Å². The summed E-state index contributed by atoms with van der Waals surface area (Å²) in [6, 6.07) is 0. The predicted molar refractivity (Wildman–Crippen MR) is 32.6 cm³/mol. The van der Waals surface area contributed by atoms with E-state index in [9.17, 15) is 0 Å². The highest BCUT2D eigenvalue weighted by Gasteiger charge is 2.03. The summed E-state index contributed by atoms with van der Waals surface area (Å²) < 4.78 is 0.445. The molecule has 0 spiro atoms. The number of aliphatic hydroxyl groups excluding tert-OH is 1. The molecule has 2 N–H and O–H groups in total. The van der Waals surface area contributed by atoms with Gasteiger partial charge < -0.3 is 5.11 Å². The largest absolute Gasteiger partial charge is 0.395 e. The standard InChI is InChI=1S/C5H14N2O/c1-7(2,3)6-4-5-8/h6,8H,1,4-5H2,2-3H3/q+1. The van der Waals surface area contributed by atoms with Crippen LogP contribution >= 0.6 is 0 Å². The van der Waals surface area contributed by atoms with Crippen LogP contribution < -0.4 is 5.43 Å². The van der Waals surface area contributed by atoms with E-state index >= 15 is 0 Å². The van der Waals surface area contributed by atoms with Crippen LogP contribution in [0.15, 0.2) is 0 Å². The van der Waals surface area contributed by atoms with Crippen LogP contribution in [0.4, 0.5) is 0 Å². The van der Waals surface area contributed by atoms with Gasteiger partial charge in [-0.2, -0.15) is 5.43 Å². The van der Waals surface area contributed by atoms with Gasteiger partial charge in [-0.25, -0.2) is 4.59 Å². The lowest BCUT2D eigenvalue weighted by atomic mass is 10.7. The lowest BCUT2D eigenvalue weighted by Gasteiger charge is -2.22. The van der Waals surface area contributed by atoms with Crippen molar-refractivity contribution in [3.8, 4) is 0 Å². The Morgan fingerprint density at radius 1 is 1.62 bits per heavy atom. The average molecular weight is 118 g/mol. The van der Waals surface area contributed by atoms with Crippen LogP contribution in [0.25, 0.3) is 0 Å². The van der Waals surface area contributed by atoms with Gasteiger partial charge in [0.05, 0.1) is 27.2 Å². The highest BCUT2D eigenvalue weighted by molar-refractivity contribution is 4.26. The van der Waals surface area contributed by atoms with Gasteiger partial charge in [-0.05, 0) is 0 Å². The zero-order chi connectivity index (χ0) is 6.62. The zero-order valence-corrected chi connectivity index (χ0v) is 5.52. The average Bonchev–Trinajstić information content (AvgIpc) is 1.59. The van der Waals surface area contributed by atoms with E-state index in [1.807, 2.05) is 14.1 Å². The summed E-state index contributed by atoms with van der Waals surface area (Å²) in [5.41, 5.74) is 2.95. The van der Waals surface area contributed by atoms with Crippen molar-refractivity contribution in [1.82, 2.24) is 5.43 Å². The monoisotopic (exact) mass is 118 g/mol. The molecule has 3 heteroatoms. The van der Waals surface area contributed by atoms with Crippen molar-refractivity contribution >= 4 is 0 Å². The van der Waals surface area contributed by atoms with Gasteiger partial charge in [-0.15, -0.1) is 0 Å². The highest BCUT2D eigenvalue weighted by Crippen LogP contribution is 1.81. The van der Waals surface area contributed by atoms with Crippen LogP contribution in [0.5, 0.6) is 0 Å². The Labute approximate surface area is 50.5 Å². The molecule has 0 heterocycles. The van der Waals surface area contributed by atoms with E-state index in [0.29, 0.717) is 11.1 Å². The minimum Gasteiger partial charge on any atom is -0.395 e. The van der Waals surface area contributed by atoms with E-state index in [-0.39, 0.29) is 6.61 Å². The van der Waals surface area contributed by atoms with E-state index in [2.05, 4.69) is 12.5 Å². The maximum absolute atomic E-state index is 8.33. The van der Waals surface area contributed by atoms with E-state index in [1.54, 1.807) is 0 Å². The Bertz CT molecular complexity index is 57.9. The topological polar surface area (TPSA) is 32.3 Å². The number of hydrogen-bond donors (Lipinski definition) is 2. The smallest absolute Gasteiger partial charge is 0.147 e. The molecule has 0 saturated carbocycles. The van der Waals surface area contributed by atoms with Crippen molar-refractivity contribution < 1.29 is 9.70 Å². The first kappa shape index (κ1) is 7.88. The predicted octanol–water partition coefficient (Wildman–Crippen LogP) is -0.649. The molecule has 8 heavy (non-hydrogen) atoms. The molecule has 1 radical (unpaired) electrons. The molecule has 0 bridgehead atoms. The number of aliphatic hydroxyl groups is 1. The van der Waals surface area contributed by atoms with Crippen LogP contribution in [0.3, 0.4) is 0 Å². The van der Waals surface area contributed by atoms with Gasteiger partial charge in [0, 0.05) is 0 Å². The summed E-state index contributed by atoms with van der Waals surface area (Å²) in [5.74, 6) is 0. The maximum atomic E-state index is 8.33. The molecule has 0 aliphatic heterocycles. The molecule has 0 aromatic carbocycles. The van der Waals surface area contributed by atoms with Crippen molar-refractivity contribution in [1.29, 1.82) is 0 Å². The summed E-state index contributed by atoms with van der Waals surface area (Å²) in [6.45, 7) is 0.758. The van der Waals surface area contributed by atoms with E-state index in [1.165, 1.54) is 0 Å². The van der Waals surface area contributed by atoms with Gasteiger partial charge >= 0.3 is 0 Å². The molecule has 0 amide bonds. The second kappa shape index (κ2) is 3.02. The molecule has 0 atom stereocenters. The SMILES string of the molecule is [CH2][N+](C)(C)NCCO. The molecular formula is C5H14N2O+. The molecule has 0 aliphatic carbocycles. The number of rotatable bonds is 3. The molecular weight excluding hydrogens is 104 g/mol. The van der Waals surface area contributed by atoms with Crippen LogP contribution in [0.2, 0.25) is 0 Å². The third-order valence-corrected chi connectivity index (χ3v) is 0.652. The lowest BCUT2D eigenvalue weighted by molar-refractivity contribution is -0.891. The van der Waals surface area contributed by atoms with Crippen LogP contribution in [-0.4, -0.2) is 36.9 Å². The molecule has 0 fully saturated rings. The summed E-state index contributed by atoms with van der Waals surface area (Å²) >= 11 is 0. The molecule has 3 nitrogen and oxygen atoms in total. The Balaban J connectivity index is 3.11. The minimum atomic E-state index is 0.164. The number of nitrogens with one attached hydrogen (secondary N) is 1. The van der Waals surface area contributed by atoms with Gasteiger partial charge in [0.25, 0.3) is 0 Å². The fourth-order valence-corrected chi connectivity index (χ4v) is 0.353. The summed E-state index contributed by atoms with van der Waals surface area (Å²) in [5, 5.41) is 8.33. The van der Waals surface area contributed by atoms with Gasteiger partial charge in [-0.1, -0.05) is 0 Å². The summed E-state index contributed by atoms with van der Waals surface area (Å²) in [4.78, 5) is 0. The molecule has 49 valence electrons. The zero-order valence-electron chi connectivity index (χ0n) is 5.52. The summed E-state index contributed by atoms with van der Waals surface area (Å²) in [6.07, 6.45) is 0. The van der Waals surface area contributed by atoms with Crippen LogP contribution in [-0.2, 0) is 0 Å². The Kier molecular flexibility index (Phi) is 2.97. The Morgan fingerprint density at radius 3 is 2.25 bits per heavy atom. The number of quaternary nitrogens is 1. The molecule has 0 aromatic heterocycles. The molecule has 0 saturated heterocycles. The van der Waals surface area contributed by atoms with E-state index in [4.69, 9.17) is 5.11 Å². The first-order chi connectivity index (χ1) is 3.56. The van der Waals surface area contributed by atoms with Gasteiger partial charge in [0.15, 0.2) is 0 Å². The normalized spacial score (nSPS) is 12.0. The van der Waals surface area contributed by atoms with Crippen LogP contribution in [0, 0.1) is 7.05 Å². The summed E-state index contributed by atoms with van der Waals surface area (Å²) in [7, 11) is 7.52. The quantitative estimate of drug-likeness (QED) is 0.381. The first-order valence-electron chi connectivity index (χ1n) is 2.60. The second-order valence-electron chi connectivity index (χ2n) is 2.32. The molecule has 0 aliphatic rings. The number of hydrogen-bond acceptors (Lipinski definition) is 2. The van der Waals surface area contributed by atoms with Gasteiger partial charge in [0.2, 0.25) is 0 Å². The maximum Gasteiger partial charge on any atom is 0.147 e. The fourth-order valence-electron chi connectivity index (χ4n) is 0.353. The van der Waals surface area contributed by atoms with Crippen molar-refractivity contribution in [2.45, 2.75) is 0 Å². The Morgan fingerprint density at radius 2 is 2.12 bits per heavy atom. The van der Waals surface area contributed by atoms with E-state index < -0.39 is 0 Å². The third-order valence-electron chi connectivity index (χ3n) is 0.652. The highest BCUT2D eigenvalue weighted by atomic mass is 16.3. The van der Waals surface area contributed by atoms with Gasteiger partial charge in [-0.3, -0.25) is 0 Å².